The highest BCUT2D eigenvalue weighted by molar-refractivity contribution is 7.61. The fraction of sp³-hybridized carbons (Fsp3) is 0.615. The van der Waals surface area contributed by atoms with Gasteiger partial charge in [-0.15, -0.1) is 0 Å². The lowest BCUT2D eigenvalue weighted by atomic mass is 10.1. The number of phosphoric acid groups is 2. The summed E-state index contributed by atoms with van der Waals surface area (Å²) in [5.41, 5.74) is 4.58. The van der Waals surface area contributed by atoms with Crippen molar-refractivity contribution in [3.05, 3.63) is 108 Å². The number of aliphatic hydroxyl groups is 2. The molecule has 2 aliphatic rings. The first-order valence-electron chi connectivity index (χ1n) is 25.7. The highest BCUT2D eigenvalue weighted by atomic mass is 31.3. The minimum atomic E-state index is -5.45. The zero-order chi connectivity index (χ0) is 53.2. The minimum Gasteiger partial charge on any atom is -0.462 e. The van der Waals surface area contributed by atoms with E-state index in [-0.39, 0.29) is 18.7 Å². The molecule has 73 heavy (non-hydrogen) atoms. The molecule has 9 atom stereocenters. The highest BCUT2D eigenvalue weighted by Crippen LogP contribution is 2.60. The Balaban J connectivity index is 1.42. The molecule has 6 N–H and O–H groups in total. The number of nitrogens with zero attached hydrogens (tertiary/aromatic N) is 2. The number of rotatable bonds is 40. The average Bonchev–Trinajstić information content (AvgIpc) is 4.04. The van der Waals surface area contributed by atoms with E-state index in [1.807, 2.05) is 12.2 Å². The minimum absolute atomic E-state index is 0.0401. The van der Waals surface area contributed by atoms with E-state index in [4.69, 9.17) is 33.7 Å². The molecule has 0 aliphatic carbocycles. The molecule has 2 saturated heterocycles. The lowest BCUT2D eigenvalue weighted by Gasteiger charge is -2.21. The molecule has 0 radical (unpaired) electrons. The second-order valence-electron chi connectivity index (χ2n) is 17.7. The average molecular weight is 1070 g/mol. The number of allylic oxidation sites excluding steroid dienone is 13. The van der Waals surface area contributed by atoms with E-state index in [9.17, 15) is 43.5 Å². The Hall–Kier alpha value is -4.10. The number of anilines is 1. The van der Waals surface area contributed by atoms with E-state index in [1.54, 1.807) is 0 Å². The largest absolute Gasteiger partial charge is 0.481 e. The summed E-state index contributed by atoms with van der Waals surface area (Å²) in [6.45, 7) is 1.92. The van der Waals surface area contributed by atoms with E-state index in [2.05, 4.69) is 96.1 Å². The number of hydrogen-bond acceptors (Lipinski definition) is 16. The Morgan fingerprint density at radius 1 is 0.699 bits per heavy atom. The number of aromatic nitrogens is 2. The summed E-state index contributed by atoms with van der Waals surface area (Å²) < 4.78 is 62.5. The van der Waals surface area contributed by atoms with Crippen LogP contribution in [0.25, 0.3) is 0 Å². The van der Waals surface area contributed by atoms with Crippen LogP contribution in [0.2, 0.25) is 0 Å². The SMILES string of the molecule is CC/C=C\C/C=C\C/C=C\C/C=C\CCCCCCC(=O)OC[C@H](COP(=O)(O)OP(=O)(O)OC[C@H]1O[C@@H](n2ccc(N)nc2=O)[C@H](O)[C@@H]1O)OC(=O)CCC/C=C\C/C=C\C/C=C\CC1OC1CCCCC. The zero-order valence-corrected chi connectivity index (χ0v) is 44.4. The summed E-state index contributed by atoms with van der Waals surface area (Å²) in [7, 11) is -10.9. The van der Waals surface area contributed by atoms with Crippen LogP contribution in [0.4, 0.5) is 5.82 Å². The van der Waals surface area contributed by atoms with Crippen molar-refractivity contribution in [3.63, 3.8) is 0 Å². The first kappa shape index (κ1) is 63.2. The lowest BCUT2D eigenvalue weighted by Crippen LogP contribution is -2.36. The molecule has 2 aliphatic heterocycles. The van der Waals surface area contributed by atoms with E-state index < -0.39 is 83.7 Å². The standard InChI is InChI=1S/C52H81N3O16P2/c1-3-5-7-8-9-10-11-12-13-14-15-16-17-21-24-27-31-35-47(56)65-39-42(68-48(57)36-32-28-25-22-19-18-20-23-26-30-34-44-43(69-44)33-29-6-4-2)40-66-72(61,62)71-73(63,64)67-41-45-49(58)50(59)51(70-45)55-38-37-46(53)54-52(55)60/h5,7,9-10,12-13,15-16,18,20,22,25-26,30,37-38,42-45,49-51,58-59H,3-4,6,8,11,14,17,19,21,23-24,27-29,31-36,39-41H2,1-2H3,(H,61,62)(H,63,64)(H2,53,54,60)/b7-5-,10-9-,13-12-,16-15-,20-18-,25-22-,30-26-/t42-,43?,44?,45-,49-,50-,51-/m1/s1. The molecular formula is C52H81N3O16P2. The van der Waals surface area contributed by atoms with Gasteiger partial charge in [0, 0.05) is 19.0 Å². The maximum Gasteiger partial charge on any atom is 0.481 e. The fourth-order valence-electron chi connectivity index (χ4n) is 7.33. The number of nitrogens with two attached hydrogens (primary N) is 1. The summed E-state index contributed by atoms with van der Waals surface area (Å²) in [6.07, 6.45) is 39.9. The molecular weight excluding hydrogens is 985 g/mol. The number of aliphatic hydroxyl groups excluding tert-OH is 2. The molecule has 1 aromatic rings. The molecule has 0 spiro atoms. The van der Waals surface area contributed by atoms with E-state index in [1.165, 1.54) is 25.3 Å². The number of nitrogen functional groups attached to an aromatic ring is 1. The number of esters is 2. The Labute approximate surface area is 431 Å². The quantitative estimate of drug-likeness (QED) is 0.0134. The van der Waals surface area contributed by atoms with Crippen molar-refractivity contribution in [2.24, 2.45) is 0 Å². The smallest absolute Gasteiger partial charge is 0.462 e. The number of epoxide rings is 1. The predicted molar refractivity (Wildman–Crippen MR) is 279 cm³/mol. The van der Waals surface area contributed by atoms with Crippen molar-refractivity contribution in [3.8, 4) is 0 Å². The predicted octanol–water partition coefficient (Wildman–Crippen LogP) is 9.65. The van der Waals surface area contributed by atoms with Crippen molar-refractivity contribution < 1.29 is 71.0 Å². The third-order valence-corrected chi connectivity index (χ3v) is 14.0. The van der Waals surface area contributed by atoms with Gasteiger partial charge >= 0.3 is 33.3 Å². The van der Waals surface area contributed by atoms with Gasteiger partial charge in [-0.1, -0.05) is 131 Å². The Morgan fingerprint density at radius 3 is 1.93 bits per heavy atom. The van der Waals surface area contributed by atoms with Crippen LogP contribution in [0.5, 0.6) is 0 Å². The second kappa shape index (κ2) is 36.8. The number of carbonyl (C=O) groups excluding carboxylic acids is 2. The van der Waals surface area contributed by atoms with Crippen LogP contribution < -0.4 is 11.4 Å². The summed E-state index contributed by atoms with van der Waals surface area (Å²) in [5.74, 6) is -1.41. The zero-order valence-electron chi connectivity index (χ0n) is 42.6. The van der Waals surface area contributed by atoms with Gasteiger partial charge in [-0.25, -0.2) is 13.9 Å². The van der Waals surface area contributed by atoms with Crippen LogP contribution in [-0.4, -0.2) is 97.9 Å². The molecule has 3 rings (SSSR count). The molecule has 3 heterocycles. The molecule has 0 amide bonds. The fourth-order valence-corrected chi connectivity index (χ4v) is 9.44. The van der Waals surface area contributed by atoms with Crippen LogP contribution in [0, 0.1) is 0 Å². The van der Waals surface area contributed by atoms with E-state index in [0.717, 1.165) is 87.8 Å². The molecule has 19 nitrogen and oxygen atoms in total. The maximum atomic E-state index is 12.9. The van der Waals surface area contributed by atoms with Gasteiger partial charge in [0.2, 0.25) is 0 Å². The van der Waals surface area contributed by atoms with Crippen molar-refractivity contribution in [1.29, 1.82) is 0 Å². The molecule has 0 saturated carbocycles. The second-order valence-corrected chi connectivity index (χ2v) is 20.7. The molecule has 0 bridgehead atoms. The summed E-state index contributed by atoms with van der Waals surface area (Å²) in [6, 6.07) is 1.24. The summed E-state index contributed by atoms with van der Waals surface area (Å²) in [4.78, 5) is 61.9. The van der Waals surface area contributed by atoms with Gasteiger partial charge in [-0.2, -0.15) is 9.29 Å². The Kier molecular flexibility index (Phi) is 31.8. The number of hydrogen-bond donors (Lipinski definition) is 5. The monoisotopic (exact) mass is 1070 g/mol. The van der Waals surface area contributed by atoms with Crippen molar-refractivity contribution in [1.82, 2.24) is 9.55 Å². The van der Waals surface area contributed by atoms with Gasteiger partial charge in [0.1, 0.15) is 30.7 Å². The van der Waals surface area contributed by atoms with Crippen molar-refractivity contribution >= 4 is 33.4 Å². The van der Waals surface area contributed by atoms with Gasteiger partial charge < -0.3 is 44.7 Å². The summed E-state index contributed by atoms with van der Waals surface area (Å²) in [5, 5.41) is 20.9. The maximum absolute atomic E-state index is 12.9. The van der Waals surface area contributed by atoms with Gasteiger partial charge in [0.25, 0.3) is 0 Å². The van der Waals surface area contributed by atoms with Crippen LogP contribution in [0.1, 0.15) is 148 Å². The molecule has 1 aromatic heterocycles. The van der Waals surface area contributed by atoms with Crippen LogP contribution >= 0.6 is 15.6 Å². The number of carbonyl (C=O) groups is 2. The molecule has 410 valence electrons. The van der Waals surface area contributed by atoms with Crippen LogP contribution in [0.3, 0.4) is 0 Å². The van der Waals surface area contributed by atoms with Gasteiger partial charge in [0.15, 0.2) is 12.3 Å². The lowest BCUT2D eigenvalue weighted by molar-refractivity contribution is -0.161. The molecule has 4 unspecified atom stereocenters. The van der Waals surface area contributed by atoms with Crippen LogP contribution in [0.15, 0.2) is 102 Å². The number of ether oxygens (including phenoxy) is 4. The number of unbranched alkanes of at least 4 members (excludes halogenated alkanes) is 7. The van der Waals surface area contributed by atoms with Gasteiger partial charge in [-0.05, 0) is 89.5 Å². The topological polar surface area (TPSA) is 278 Å². The van der Waals surface area contributed by atoms with Gasteiger partial charge in [0.05, 0.1) is 25.4 Å². The highest BCUT2D eigenvalue weighted by Gasteiger charge is 2.46. The van der Waals surface area contributed by atoms with Crippen LogP contribution in [-0.2, 0) is 51.0 Å². The number of phosphoric ester groups is 2. The summed E-state index contributed by atoms with van der Waals surface area (Å²) >= 11 is 0. The Bertz CT molecular complexity index is 2120. The third kappa shape index (κ3) is 29.0. The van der Waals surface area contributed by atoms with Gasteiger partial charge in [-0.3, -0.25) is 23.2 Å². The van der Waals surface area contributed by atoms with Crippen molar-refractivity contribution in [2.75, 3.05) is 25.6 Å². The van der Waals surface area contributed by atoms with E-state index >= 15 is 0 Å². The first-order chi connectivity index (χ1) is 35.1. The van der Waals surface area contributed by atoms with E-state index in [0.29, 0.717) is 31.5 Å². The van der Waals surface area contributed by atoms with Crippen molar-refractivity contribution in [2.45, 2.75) is 185 Å². The molecule has 21 heteroatoms. The first-order valence-corrected chi connectivity index (χ1v) is 28.7. The molecule has 0 aromatic carbocycles. The normalized spacial score (nSPS) is 22.4. The third-order valence-electron chi connectivity index (χ3n) is 11.4. The molecule has 2 fully saturated rings. The Morgan fingerprint density at radius 2 is 1.29 bits per heavy atom.